The number of morpholine rings is 1. The van der Waals surface area contributed by atoms with Gasteiger partial charge in [0.2, 0.25) is 5.91 Å². The summed E-state index contributed by atoms with van der Waals surface area (Å²) in [7, 11) is 0. The highest BCUT2D eigenvalue weighted by Crippen LogP contribution is 2.12. The number of carbonyl (C=O) groups excluding carboxylic acids is 1. The van der Waals surface area contributed by atoms with Crippen LogP contribution in [0.25, 0.3) is 0 Å². The van der Waals surface area contributed by atoms with Gasteiger partial charge in [0, 0.05) is 50.9 Å². The molecule has 2 aromatic rings. The summed E-state index contributed by atoms with van der Waals surface area (Å²) in [5, 5.41) is 2.99. The summed E-state index contributed by atoms with van der Waals surface area (Å²) in [5.41, 5.74) is 2.13. The van der Waals surface area contributed by atoms with E-state index in [0.29, 0.717) is 12.5 Å². The average Bonchev–Trinajstić information content (AvgIpc) is 2.73. The third-order valence-electron chi connectivity index (χ3n) is 5.16. The lowest BCUT2D eigenvalue weighted by molar-refractivity contribution is -0.116. The number of nitrogens with one attached hydrogen (secondary N) is 1. The number of hydrogen-bond donors (Lipinski definition) is 1. The van der Waals surface area contributed by atoms with Crippen molar-refractivity contribution in [2.45, 2.75) is 25.9 Å². The van der Waals surface area contributed by atoms with Gasteiger partial charge in [-0.3, -0.25) is 14.6 Å². The molecule has 1 N–H and O–H groups in total. The topological polar surface area (TPSA) is 44.8 Å². The Morgan fingerprint density at radius 3 is 2.39 bits per heavy atom. The third kappa shape index (κ3) is 6.75. The fourth-order valence-electron chi connectivity index (χ4n) is 3.54. The average molecular weight is 382 g/mol. The summed E-state index contributed by atoms with van der Waals surface area (Å²) in [5.74, 6) is 0.0582. The molecule has 5 nitrogen and oxygen atoms in total. The molecule has 0 spiro atoms. The van der Waals surface area contributed by atoms with Crippen LogP contribution in [0.2, 0.25) is 0 Å². The van der Waals surface area contributed by atoms with Crippen LogP contribution in [0.5, 0.6) is 0 Å². The normalized spacial score (nSPS) is 16.1. The largest absolute Gasteiger partial charge is 0.379 e. The van der Waals surface area contributed by atoms with E-state index in [9.17, 15) is 4.79 Å². The van der Waals surface area contributed by atoms with Gasteiger partial charge in [0.15, 0.2) is 0 Å². The lowest BCUT2D eigenvalue weighted by atomic mass is 10.1. The number of hydrogen-bond acceptors (Lipinski definition) is 4. The molecule has 150 valence electrons. The Morgan fingerprint density at radius 1 is 1.07 bits per heavy atom. The standard InChI is InChI=1S/C23H31N3O2/c1-20(18-25-14-16-28-17-15-25)26(19-21-8-4-2-5-9-21)13-12-23(27)24-22-10-6-3-7-11-22/h2-11,20H,12-19H2,1H3,(H,24,27). The van der Waals surface area contributed by atoms with Gasteiger partial charge < -0.3 is 10.1 Å². The Kier molecular flexibility index (Phi) is 8.03. The number of benzene rings is 2. The Hall–Kier alpha value is -2.21. The van der Waals surface area contributed by atoms with Crippen LogP contribution in [0.1, 0.15) is 18.9 Å². The maximum Gasteiger partial charge on any atom is 0.225 e. The molecule has 1 saturated heterocycles. The van der Waals surface area contributed by atoms with Crippen LogP contribution in [0.4, 0.5) is 5.69 Å². The van der Waals surface area contributed by atoms with Crippen LogP contribution < -0.4 is 5.32 Å². The maximum atomic E-state index is 12.4. The van der Waals surface area contributed by atoms with Gasteiger partial charge in [-0.25, -0.2) is 0 Å². The van der Waals surface area contributed by atoms with Gasteiger partial charge in [0.05, 0.1) is 13.2 Å². The number of carbonyl (C=O) groups is 1. The van der Waals surface area contributed by atoms with Gasteiger partial charge in [-0.15, -0.1) is 0 Å². The van der Waals surface area contributed by atoms with Gasteiger partial charge in [0.25, 0.3) is 0 Å². The molecule has 0 saturated carbocycles. The Morgan fingerprint density at radius 2 is 1.71 bits per heavy atom. The van der Waals surface area contributed by atoms with Gasteiger partial charge in [-0.2, -0.15) is 0 Å². The van der Waals surface area contributed by atoms with Crippen molar-refractivity contribution in [3.8, 4) is 0 Å². The molecule has 5 heteroatoms. The summed E-state index contributed by atoms with van der Waals surface area (Å²) in [6, 6.07) is 20.5. The van der Waals surface area contributed by atoms with Crippen molar-refractivity contribution in [3.05, 3.63) is 66.2 Å². The van der Waals surface area contributed by atoms with E-state index >= 15 is 0 Å². The second-order valence-electron chi connectivity index (χ2n) is 7.38. The minimum atomic E-state index is 0.0582. The highest BCUT2D eigenvalue weighted by Gasteiger charge is 2.20. The summed E-state index contributed by atoms with van der Waals surface area (Å²) in [6.45, 7) is 8.43. The predicted octanol–water partition coefficient (Wildman–Crippen LogP) is 3.24. The van der Waals surface area contributed by atoms with Crippen molar-refractivity contribution < 1.29 is 9.53 Å². The molecule has 28 heavy (non-hydrogen) atoms. The van der Waals surface area contributed by atoms with Crippen LogP contribution in [-0.2, 0) is 16.1 Å². The zero-order valence-corrected chi connectivity index (χ0v) is 16.7. The highest BCUT2D eigenvalue weighted by molar-refractivity contribution is 5.90. The molecular weight excluding hydrogens is 350 g/mol. The van der Waals surface area contributed by atoms with Crippen molar-refractivity contribution >= 4 is 11.6 Å². The van der Waals surface area contributed by atoms with E-state index < -0.39 is 0 Å². The minimum absolute atomic E-state index is 0.0582. The highest BCUT2D eigenvalue weighted by atomic mass is 16.5. The van der Waals surface area contributed by atoms with Crippen molar-refractivity contribution in [1.82, 2.24) is 9.80 Å². The summed E-state index contributed by atoms with van der Waals surface area (Å²) in [6.07, 6.45) is 0.481. The van der Waals surface area contributed by atoms with E-state index in [1.54, 1.807) is 0 Å². The van der Waals surface area contributed by atoms with Crippen LogP contribution in [0.15, 0.2) is 60.7 Å². The molecule has 1 atom stereocenters. The molecule has 2 aromatic carbocycles. The monoisotopic (exact) mass is 381 g/mol. The van der Waals surface area contributed by atoms with Gasteiger partial charge in [-0.1, -0.05) is 48.5 Å². The maximum absolute atomic E-state index is 12.4. The van der Waals surface area contributed by atoms with Crippen molar-refractivity contribution in [2.75, 3.05) is 44.7 Å². The van der Waals surface area contributed by atoms with E-state index in [2.05, 4.69) is 46.3 Å². The molecule has 1 aliphatic rings. The minimum Gasteiger partial charge on any atom is -0.379 e. The number of para-hydroxylation sites is 1. The quantitative estimate of drug-likeness (QED) is 0.724. The predicted molar refractivity (Wildman–Crippen MR) is 113 cm³/mol. The molecule has 1 aliphatic heterocycles. The van der Waals surface area contributed by atoms with E-state index in [1.165, 1.54) is 5.56 Å². The molecule has 0 radical (unpaired) electrons. The molecule has 1 fully saturated rings. The van der Waals surface area contributed by atoms with Crippen molar-refractivity contribution in [2.24, 2.45) is 0 Å². The fraction of sp³-hybridized carbons (Fsp3) is 0.435. The van der Waals surface area contributed by atoms with Gasteiger partial charge >= 0.3 is 0 Å². The molecule has 1 heterocycles. The molecule has 1 unspecified atom stereocenters. The molecule has 0 bridgehead atoms. The number of rotatable bonds is 9. The van der Waals surface area contributed by atoms with Crippen molar-refractivity contribution in [3.63, 3.8) is 0 Å². The summed E-state index contributed by atoms with van der Waals surface area (Å²) >= 11 is 0. The first-order valence-electron chi connectivity index (χ1n) is 10.1. The SMILES string of the molecule is CC(CN1CCOCC1)N(CCC(=O)Nc1ccccc1)Cc1ccccc1. The first-order chi connectivity index (χ1) is 13.7. The van der Waals surface area contributed by atoms with Crippen LogP contribution in [0.3, 0.4) is 0 Å². The first kappa shape index (κ1) is 20.5. The zero-order valence-electron chi connectivity index (χ0n) is 16.7. The van der Waals surface area contributed by atoms with E-state index in [-0.39, 0.29) is 5.91 Å². The number of nitrogens with zero attached hydrogens (tertiary/aromatic N) is 2. The summed E-state index contributed by atoms with van der Waals surface area (Å²) < 4.78 is 5.46. The summed E-state index contributed by atoms with van der Waals surface area (Å²) in [4.78, 5) is 17.3. The lowest BCUT2D eigenvalue weighted by Gasteiger charge is -2.35. The van der Waals surface area contributed by atoms with E-state index in [0.717, 1.165) is 51.6 Å². The second kappa shape index (κ2) is 11.0. The number of anilines is 1. The van der Waals surface area contributed by atoms with Crippen molar-refractivity contribution in [1.29, 1.82) is 0 Å². The van der Waals surface area contributed by atoms with E-state index in [1.807, 2.05) is 36.4 Å². The number of amides is 1. The Bertz CT molecular complexity index is 702. The molecular formula is C23H31N3O2. The Balaban J connectivity index is 1.57. The third-order valence-corrected chi connectivity index (χ3v) is 5.16. The number of ether oxygens (including phenoxy) is 1. The Labute approximate surface area is 168 Å². The van der Waals surface area contributed by atoms with Crippen LogP contribution in [-0.4, -0.2) is 61.1 Å². The van der Waals surface area contributed by atoms with Gasteiger partial charge in [0.1, 0.15) is 0 Å². The van der Waals surface area contributed by atoms with E-state index in [4.69, 9.17) is 4.74 Å². The van der Waals surface area contributed by atoms with Gasteiger partial charge in [-0.05, 0) is 24.6 Å². The zero-order chi connectivity index (χ0) is 19.6. The first-order valence-corrected chi connectivity index (χ1v) is 10.1. The molecule has 0 aliphatic carbocycles. The van der Waals surface area contributed by atoms with Crippen LogP contribution in [0, 0.1) is 0 Å². The smallest absolute Gasteiger partial charge is 0.225 e. The molecule has 3 rings (SSSR count). The molecule has 1 amide bonds. The lowest BCUT2D eigenvalue weighted by Crippen LogP contribution is -2.46. The second-order valence-corrected chi connectivity index (χ2v) is 7.38. The molecule has 0 aromatic heterocycles. The van der Waals surface area contributed by atoms with Crippen LogP contribution >= 0.6 is 0 Å². The fourth-order valence-corrected chi connectivity index (χ4v) is 3.54.